The number of rotatable bonds is 13. The molecule has 0 aliphatic rings. The molecule has 0 spiro atoms. The first-order chi connectivity index (χ1) is 11.3. The molecule has 1 aromatic carbocycles. The smallest absolute Gasteiger partial charge is 0.0180 e. The number of hydrogen-bond acceptors (Lipinski definition) is 1. The van der Waals surface area contributed by atoms with Gasteiger partial charge in [-0.15, -0.1) is 0 Å². The predicted molar refractivity (Wildman–Crippen MR) is 104 cm³/mol. The normalized spacial score (nSPS) is 11.1. The maximum Gasteiger partial charge on any atom is 0.0180 e. The summed E-state index contributed by atoms with van der Waals surface area (Å²) in [6.07, 6.45) is 15.6. The van der Waals surface area contributed by atoms with E-state index in [0.29, 0.717) is 6.54 Å². The zero-order valence-corrected chi connectivity index (χ0v) is 15.9. The molecule has 2 N–H and O–H groups in total. The first-order valence-electron chi connectivity index (χ1n) is 10.1. The molecule has 0 unspecified atom stereocenters. The van der Waals surface area contributed by atoms with Gasteiger partial charge in [0.25, 0.3) is 0 Å². The van der Waals surface area contributed by atoms with E-state index in [4.69, 9.17) is 5.73 Å². The SMILES string of the molecule is CCCCCc1ccc(CN)c(CCCCC)c1CCCCC. The van der Waals surface area contributed by atoms with Crippen molar-refractivity contribution < 1.29 is 0 Å². The summed E-state index contributed by atoms with van der Waals surface area (Å²) < 4.78 is 0. The van der Waals surface area contributed by atoms with E-state index in [2.05, 4.69) is 32.9 Å². The lowest BCUT2D eigenvalue weighted by molar-refractivity contribution is 0.674. The number of benzene rings is 1. The highest BCUT2D eigenvalue weighted by atomic mass is 14.5. The van der Waals surface area contributed by atoms with Gasteiger partial charge in [-0.2, -0.15) is 0 Å². The van der Waals surface area contributed by atoms with E-state index >= 15 is 0 Å². The van der Waals surface area contributed by atoms with Crippen molar-refractivity contribution in [1.29, 1.82) is 0 Å². The van der Waals surface area contributed by atoms with Crippen LogP contribution >= 0.6 is 0 Å². The largest absolute Gasteiger partial charge is 0.326 e. The Morgan fingerprint density at radius 2 is 1.04 bits per heavy atom. The molecule has 0 bridgehead atoms. The van der Waals surface area contributed by atoms with Crippen LogP contribution in [0.1, 0.15) is 101 Å². The van der Waals surface area contributed by atoms with Gasteiger partial charge in [0.15, 0.2) is 0 Å². The summed E-state index contributed by atoms with van der Waals surface area (Å²) in [7, 11) is 0. The maximum absolute atomic E-state index is 6.05. The van der Waals surface area contributed by atoms with Gasteiger partial charge < -0.3 is 5.73 Å². The third kappa shape index (κ3) is 7.08. The number of hydrogen-bond donors (Lipinski definition) is 1. The van der Waals surface area contributed by atoms with Crippen LogP contribution in [-0.4, -0.2) is 0 Å². The summed E-state index contributed by atoms with van der Waals surface area (Å²) in [5.74, 6) is 0. The second-order valence-corrected chi connectivity index (χ2v) is 6.92. The van der Waals surface area contributed by atoms with Crippen molar-refractivity contribution in [3.05, 3.63) is 34.4 Å². The van der Waals surface area contributed by atoms with E-state index in [-0.39, 0.29) is 0 Å². The van der Waals surface area contributed by atoms with Crippen molar-refractivity contribution in [2.24, 2.45) is 5.73 Å². The van der Waals surface area contributed by atoms with Crippen LogP contribution in [0.25, 0.3) is 0 Å². The van der Waals surface area contributed by atoms with E-state index in [1.807, 2.05) is 0 Å². The minimum absolute atomic E-state index is 0.692. The number of aryl methyl sites for hydroxylation is 1. The molecular weight excluding hydrogens is 278 g/mol. The number of nitrogens with two attached hydrogens (primary N) is 1. The molecule has 1 heteroatoms. The van der Waals surface area contributed by atoms with Crippen LogP contribution in [0.5, 0.6) is 0 Å². The molecule has 0 aliphatic carbocycles. The molecule has 0 heterocycles. The molecule has 0 fully saturated rings. The van der Waals surface area contributed by atoms with Gasteiger partial charge in [0, 0.05) is 6.54 Å². The molecule has 0 aromatic heterocycles. The Morgan fingerprint density at radius 3 is 1.52 bits per heavy atom. The van der Waals surface area contributed by atoms with Gasteiger partial charge in [-0.3, -0.25) is 0 Å². The van der Waals surface area contributed by atoms with Crippen LogP contribution < -0.4 is 5.73 Å². The summed E-state index contributed by atoms with van der Waals surface area (Å²) >= 11 is 0. The van der Waals surface area contributed by atoms with Crippen molar-refractivity contribution >= 4 is 0 Å². The van der Waals surface area contributed by atoms with Crippen molar-refractivity contribution in [1.82, 2.24) is 0 Å². The van der Waals surface area contributed by atoms with Crippen molar-refractivity contribution in [2.45, 2.75) is 104 Å². The molecule has 0 aliphatic heterocycles. The van der Waals surface area contributed by atoms with Crippen molar-refractivity contribution in [3.8, 4) is 0 Å². The lowest BCUT2D eigenvalue weighted by atomic mass is 9.87. The van der Waals surface area contributed by atoms with Gasteiger partial charge in [-0.25, -0.2) is 0 Å². The van der Waals surface area contributed by atoms with E-state index in [1.165, 1.54) is 82.6 Å². The molecule has 0 radical (unpaired) electrons. The highest BCUT2D eigenvalue weighted by Gasteiger charge is 2.12. The van der Waals surface area contributed by atoms with Gasteiger partial charge in [0.1, 0.15) is 0 Å². The van der Waals surface area contributed by atoms with Crippen LogP contribution in [0.3, 0.4) is 0 Å². The minimum Gasteiger partial charge on any atom is -0.326 e. The fourth-order valence-electron chi connectivity index (χ4n) is 3.51. The lowest BCUT2D eigenvalue weighted by Crippen LogP contribution is -2.09. The van der Waals surface area contributed by atoms with Crippen LogP contribution in [-0.2, 0) is 25.8 Å². The molecule has 132 valence electrons. The minimum atomic E-state index is 0.692. The second kappa shape index (κ2) is 12.6. The van der Waals surface area contributed by atoms with Gasteiger partial charge in [-0.05, 0) is 60.8 Å². The summed E-state index contributed by atoms with van der Waals surface area (Å²) in [6, 6.07) is 4.69. The lowest BCUT2D eigenvalue weighted by Gasteiger charge is -2.19. The first-order valence-corrected chi connectivity index (χ1v) is 10.1. The second-order valence-electron chi connectivity index (χ2n) is 6.92. The Morgan fingerprint density at radius 1 is 0.609 bits per heavy atom. The van der Waals surface area contributed by atoms with Crippen molar-refractivity contribution in [2.75, 3.05) is 0 Å². The zero-order valence-electron chi connectivity index (χ0n) is 15.9. The summed E-state index contributed by atoms with van der Waals surface area (Å²) in [5, 5.41) is 0. The monoisotopic (exact) mass is 317 g/mol. The Balaban J connectivity index is 2.99. The molecule has 1 aromatic rings. The highest BCUT2D eigenvalue weighted by molar-refractivity contribution is 5.42. The Bertz CT molecular complexity index is 422. The Hall–Kier alpha value is -0.820. The van der Waals surface area contributed by atoms with Crippen LogP contribution in [0, 0.1) is 0 Å². The maximum atomic E-state index is 6.05. The van der Waals surface area contributed by atoms with E-state index in [1.54, 1.807) is 16.7 Å². The van der Waals surface area contributed by atoms with Crippen molar-refractivity contribution in [3.63, 3.8) is 0 Å². The van der Waals surface area contributed by atoms with E-state index < -0.39 is 0 Å². The Labute approximate surface area is 145 Å². The van der Waals surface area contributed by atoms with Gasteiger partial charge in [0.05, 0.1) is 0 Å². The number of unbranched alkanes of at least 4 members (excludes halogenated alkanes) is 6. The average Bonchev–Trinajstić information content (AvgIpc) is 2.57. The topological polar surface area (TPSA) is 26.0 Å². The fourth-order valence-corrected chi connectivity index (χ4v) is 3.51. The third-order valence-electron chi connectivity index (χ3n) is 4.96. The van der Waals surface area contributed by atoms with Crippen LogP contribution in [0.15, 0.2) is 12.1 Å². The highest BCUT2D eigenvalue weighted by Crippen LogP contribution is 2.25. The van der Waals surface area contributed by atoms with Gasteiger partial charge in [0.2, 0.25) is 0 Å². The van der Waals surface area contributed by atoms with Gasteiger partial charge in [-0.1, -0.05) is 71.4 Å². The molecule has 0 amide bonds. The molecule has 0 saturated heterocycles. The van der Waals surface area contributed by atoms with Gasteiger partial charge >= 0.3 is 0 Å². The van der Waals surface area contributed by atoms with Crippen LogP contribution in [0.4, 0.5) is 0 Å². The third-order valence-corrected chi connectivity index (χ3v) is 4.96. The summed E-state index contributed by atoms with van der Waals surface area (Å²) in [5.41, 5.74) is 12.3. The molecule has 0 saturated carbocycles. The predicted octanol–water partition coefficient (Wildman–Crippen LogP) is 6.34. The fraction of sp³-hybridized carbons (Fsp3) is 0.727. The molecule has 0 atom stereocenters. The Kier molecular flexibility index (Phi) is 11.1. The standard InChI is InChI=1S/C22H39N/c1-4-7-10-13-19-16-17-20(18-23)22(15-12-9-6-3)21(19)14-11-8-5-2/h16-17H,4-15,18,23H2,1-3H3. The van der Waals surface area contributed by atoms with E-state index in [0.717, 1.165) is 0 Å². The molecule has 1 nitrogen and oxygen atoms in total. The average molecular weight is 318 g/mol. The first kappa shape index (κ1) is 20.2. The summed E-state index contributed by atoms with van der Waals surface area (Å²) in [4.78, 5) is 0. The van der Waals surface area contributed by atoms with Crippen LogP contribution in [0.2, 0.25) is 0 Å². The quantitative estimate of drug-likeness (QED) is 0.422. The molecular formula is C22H39N. The molecule has 1 rings (SSSR count). The summed E-state index contributed by atoms with van der Waals surface area (Å²) in [6.45, 7) is 7.56. The zero-order chi connectivity index (χ0) is 16.9. The molecule has 23 heavy (non-hydrogen) atoms. The van der Waals surface area contributed by atoms with E-state index in [9.17, 15) is 0 Å².